The predicted octanol–water partition coefficient (Wildman–Crippen LogP) is 3.55. The van der Waals surface area contributed by atoms with Gasteiger partial charge in [0, 0.05) is 24.8 Å². The third kappa shape index (κ3) is 2.76. The predicted molar refractivity (Wildman–Crippen MR) is 80.2 cm³/mol. The average Bonchev–Trinajstić information content (AvgIpc) is 2.85. The minimum absolute atomic E-state index is 0.0237. The molecule has 4 heteroatoms. The van der Waals surface area contributed by atoms with Crippen LogP contribution in [-0.4, -0.2) is 6.54 Å². The van der Waals surface area contributed by atoms with Crippen molar-refractivity contribution in [1.29, 1.82) is 0 Å². The van der Waals surface area contributed by atoms with Crippen molar-refractivity contribution in [1.82, 2.24) is 0 Å². The van der Waals surface area contributed by atoms with Crippen LogP contribution < -0.4 is 10.6 Å². The summed E-state index contributed by atoms with van der Waals surface area (Å²) in [5.74, 6) is -1.60. The lowest BCUT2D eigenvalue weighted by molar-refractivity contribution is 0.507. The molecule has 1 heterocycles. The Labute approximate surface area is 123 Å². The van der Waals surface area contributed by atoms with E-state index in [0.29, 0.717) is 6.54 Å². The number of hydrogen-bond acceptors (Lipinski definition) is 2. The van der Waals surface area contributed by atoms with Gasteiger partial charge in [-0.1, -0.05) is 18.2 Å². The molecule has 0 aromatic heterocycles. The van der Waals surface area contributed by atoms with Crippen LogP contribution in [0, 0.1) is 11.6 Å². The monoisotopic (exact) mass is 288 g/mol. The van der Waals surface area contributed by atoms with Gasteiger partial charge in [-0.25, -0.2) is 8.78 Å². The molecule has 0 radical (unpaired) electrons. The highest BCUT2D eigenvalue weighted by Gasteiger charge is 2.20. The molecule has 1 atom stereocenters. The molecule has 3 rings (SSSR count). The Hall–Kier alpha value is -1.94. The van der Waals surface area contributed by atoms with Crippen LogP contribution in [0.2, 0.25) is 0 Å². The van der Waals surface area contributed by atoms with Gasteiger partial charge in [0.2, 0.25) is 0 Å². The van der Waals surface area contributed by atoms with Gasteiger partial charge < -0.3 is 10.6 Å². The van der Waals surface area contributed by atoms with Gasteiger partial charge in [0.15, 0.2) is 11.6 Å². The number of hydrogen-bond donors (Lipinski definition) is 1. The van der Waals surface area contributed by atoms with Gasteiger partial charge in [0.1, 0.15) is 0 Å². The first kappa shape index (κ1) is 14.0. The van der Waals surface area contributed by atoms with E-state index < -0.39 is 11.6 Å². The van der Waals surface area contributed by atoms with Gasteiger partial charge >= 0.3 is 0 Å². The van der Waals surface area contributed by atoms with Crippen LogP contribution in [0.15, 0.2) is 36.4 Å². The maximum atomic E-state index is 13.3. The Balaban J connectivity index is 1.82. The third-order valence-electron chi connectivity index (χ3n) is 3.98. The molecule has 0 aliphatic carbocycles. The quantitative estimate of drug-likeness (QED) is 0.936. The second kappa shape index (κ2) is 5.45. The molecule has 0 bridgehead atoms. The van der Waals surface area contributed by atoms with Crippen molar-refractivity contribution in [3.05, 3.63) is 64.7 Å². The van der Waals surface area contributed by atoms with E-state index in [9.17, 15) is 8.78 Å². The summed E-state index contributed by atoms with van der Waals surface area (Å²) in [4.78, 5) is 2.19. The number of anilines is 1. The minimum Gasteiger partial charge on any atom is -0.367 e. The fourth-order valence-corrected chi connectivity index (χ4v) is 2.80. The van der Waals surface area contributed by atoms with E-state index in [1.807, 2.05) is 13.0 Å². The number of rotatable bonds is 3. The van der Waals surface area contributed by atoms with E-state index in [1.54, 1.807) is 6.07 Å². The second-order valence-corrected chi connectivity index (χ2v) is 5.60. The third-order valence-corrected chi connectivity index (χ3v) is 3.98. The van der Waals surface area contributed by atoms with Gasteiger partial charge in [-0.2, -0.15) is 0 Å². The number of benzene rings is 2. The average molecular weight is 288 g/mol. The van der Waals surface area contributed by atoms with Crippen LogP contribution in [-0.2, 0) is 13.0 Å². The molecule has 110 valence electrons. The second-order valence-electron chi connectivity index (χ2n) is 5.60. The Kier molecular flexibility index (Phi) is 3.64. The van der Waals surface area contributed by atoms with Crippen molar-refractivity contribution in [2.75, 3.05) is 11.4 Å². The fraction of sp³-hybridized carbons (Fsp3) is 0.294. The lowest BCUT2D eigenvalue weighted by atomic mass is 10.0. The fourth-order valence-electron chi connectivity index (χ4n) is 2.80. The van der Waals surface area contributed by atoms with Crippen molar-refractivity contribution in [3.63, 3.8) is 0 Å². The number of nitrogens with zero attached hydrogens (tertiary/aromatic N) is 1. The van der Waals surface area contributed by atoms with Crippen molar-refractivity contribution in [2.45, 2.75) is 25.9 Å². The van der Waals surface area contributed by atoms with Gasteiger partial charge in [-0.3, -0.25) is 0 Å². The summed E-state index contributed by atoms with van der Waals surface area (Å²) in [7, 11) is 0. The van der Waals surface area contributed by atoms with E-state index >= 15 is 0 Å². The summed E-state index contributed by atoms with van der Waals surface area (Å²) in [5, 5.41) is 0. The molecule has 2 N–H and O–H groups in total. The highest BCUT2D eigenvalue weighted by molar-refractivity contribution is 5.59. The summed E-state index contributed by atoms with van der Waals surface area (Å²) >= 11 is 0. The van der Waals surface area contributed by atoms with Crippen LogP contribution in [0.25, 0.3) is 0 Å². The highest BCUT2D eigenvalue weighted by atomic mass is 19.2. The van der Waals surface area contributed by atoms with E-state index in [4.69, 9.17) is 5.73 Å². The van der Waals surface area contributed by atoms with Crippen LogP contribution >= 0.6 is 0 Å². The van der Waals surface area contributed by atoms with Crippen molar-refractivity contribution >= 4 is 5.69 Å². The summed E-state index contributed by atoms with van der Waals surface area (Å²) in [6, 6.07) is 10.4. The molecule has 2 nitrogen and oxygen atoms in total. The molecule has 2 aromatic carbocycles. The Morgan fingerprint density at radius 1 is 1.14 bits per heavy atom. The lowest BCUT2D eigenvalue weighted by Crippen LogP contribution is -2.19. The summed E-state index contributed by atoms with van der Waals surface area (Å²) in [6.45, 7) is 3.44. The zero-order valence-corrected chi connectivity index (χ0v) is 11.9. The molecular formula is C17H18F2N2. The first-order valence-electron chi connectivity index (χ1n) is 7.12. The molecule has 0 saturated carbocycles. The van der Waals surface area contributed by atoms with Crippen molar-refractivity contribution < 1.29 is 8.78 Å². The maximum Gasteiger partial charge on any atom is 0.159 e. The summed E-state index contributed by atoms with van der Waals surface area (Å²) in [5.41, 5.74) is 10.2. The van der Waals surface area contributed by atoms with Crippen LogP contribution in [0.1, 0.15) is 29.7 Å². The molecule has 21 heavy (non-hydrogen) atoms. The Bertz CT molecular complexity index is 668. The van der Waals surface area contributed by atoms with Gasteiger partial charge in [0.25, 0.3) is 0 Å². The van der Waals surface area contributed by atoms with Crippen molar-refractivity contribution in [3.8, 4) is 0 Å². The van der Waals surface area contributed by atoms with E-state index in [1.165, 1.54) is 17.7 Å². The molecule has 1 unspecified atom stereocenters. The summed E-state index contributed by atoms with van der Waals surface area (Å²) in [6.07, 6.45) is 0.958. The molecule has 0 spiro atoms. The molecular weight excluding hydrogens is 270 g/mol. The van der Waals surface area contributed by atoms with Crippen LogP contribution in [0.4, 0.5) is 14.5 Å². The lowest BCUT2D eigenvalue weighted by Gasteiger charge is -2.20. The molecule has 2 aromatic rings. The highest BCUT2D eigenvalue weighted by Crippen LogP contribution is 2.31. The topological polar surface area (TPSA) is 29.3 Å². The number of halogens is 2. The summed E-state index contributed by atoms with van der Waals surface area (Å²) < 4.78 is 26.3. The molecule has 1 aliphatic rings. The largest absolute Gasteiger partial charge is 0.367 e. The zero-order valence-electron chi connectivity index (χ0n) is 11.9. The minimum atomic E-state index is -0.804. The van der Waals surface area contributed by atoms with Crippen molar-refractivity contribution in [2.24, 2.45) is 5.73 Å². The van der Waals surface area contributed by atoms with E-state index in [-0.39, 0.29) is 6.04 Å². The Morgan fingerprint density at radius 2 is 1.95 bits per heavy atom. The standard InChI is InChI=1S/C17H18F2N2/c1-11(20)13-3-5-17-14(9-13)6-7-21(17)10-12-2-4-15(18)16(19)8-12/h2-5,8-9,11H,6-7,10,20H2,1H3. The number of nitrogens with two attached hydrogens (primary N) is 1. The normalized spacial score (nSPS) is 15.1. The van der Waals surface area contributed by atoms with Crippen LogP contribution in [0.3, 0.4) is 0 Å². The van der Waals surface area contributed by atoms with Gasteiger partial charge in [-0.15, -0.1) is 0 Å². The number of fused-ring (bicyclic) bond motifs is 1. The van der Waals surface area contributed by atoms with Gasteiger partial charge in [0.05, 0.1) is 0 Å². The first-order chi connectivity index (χ1) is 10.0. The van der Waals surface area contributed by atoms with E-state index in [2.05, 4.69) is 17.0 Å². The van der Waals surface area contributed by atoms with Crippen LogP contribution in [0.5, 0.6) is 0 Å². The Morgan fingerprint density at radius 3 is 2.67 bits per heavy atom. The SMILES string of the molecule is CC(N)c1ccc2c(c1)CCN2Cc1ccc(F)c(F)c1. The van der Waals surface area contributed by atoms with E-state index in [0.717, 1.165) is 29.8 Å². The maximum absolute atomic E-state index is 13.3. The molecule has 0 fully saturated rings. The van der Waals surface area contributed by atoms with Gasteiger partial charge in [-0.05, 0) is 48.2 Å². The molecule has 1 aliphatic heterocycles. The first-order valence-corrected chi connectivity index (χ1v) is 7.12. The molecule has 0 saturated heterocycles. The smallest absolute Gasteiger partial charge is 0.159 e. The molecule has 0 amide bonds. The zero-order chi connectivity index (χ0) is 15.0.